The summed E-state index contributed by atoms with van der Waals surface area (Å²) in [7, 11) is 0. The van der Waals surface area contributed by atoms with Crippen LogP contribution in [0.5, 0.6) is 0 Å². The van der Waals surface area contributed by atoms with Gasteiger partial charge < -0.3 is 4.42 Å². The highest BCUT2D eigenvalue weighted by molar-refractivity contribution is 7.99. The van der Waals surface area contributed by atoms with Crippen LogP contribution in [0.3, 0.4) is 0 Å². The highest BCUT2D eigenvalue weighted by Gasteiger charge is 2.19. The molecule has 128 valence electrons. The van der Waals surface area contributed by atoms with Gasteiger partial charge in [0, 0.05) is 28.8 Å². The van der Waals surface area contributed by atoms with Gasteiger partial charge in [0.25, 0.3) is 5.22 Å². The minimum Gasteiger partial charge on any atom is -0.431 e. The molecule has 3 nitrogen and oxygen atoms in total. The van der Waals surface area contributed by atoms with Gasteiger partial charge in [0.05, 0.1) is 0 Å². The Bertz CT molecular complexity index is 912. The predicted molar refractivity (Wildman–Crippen MR) is 106 cm³/mol. The molecule has 1 atom stereocenters. The molecule has 0 saturated heterocycles. The Morgan fingerprint density at radius 2 is 1.42 bits per heavy atom. The Kier molecular flexibility index (Phi) is 4.84. The van der Waals surface area contributed by atoms with E-state index in [1.807, 2.05) is 73.1 Å². The van der Waals surface area contributed by atoms with Crippen LogP contribution in [-0.4, -0.2) is 9.97 Å². The van der Waals surface area contributed by atoms with Gasteiger partial charge in [0.1, 0.15) is 5.69 Å². The summed E-state index contributed by atoms with van der Waals surface area (Å²) in [6.45, 7) is 2.15. The van der Waals surface area contributed by atoms with Crippen LogP contribution >= 0.6 is 11.8 Å². The van der Waals surface area contributed by atoms with E-state index >= 15 is 0 Å². The van der Waals surface area contributed by atoms with Crippen LogP contribution in [0.15, 0.2) is 94.8 Å². The zero-order chi connectivity index (χ0) is 17.8. The maximum absolute atomic E-state index is 6.18. The third-order valence-corrected chi connectivity index (χ3v) is 5.15. The fourth-order valence-electron chi connectivity index (χ4n) is 2.78. The van der Waals surface area contributed by atoms with Gasteiger partial charge in [-0.15, -0.1) is 0 Å². The van der Waals surface area contributed by atoms with Crippen LogP contribution in [-0.2, 0) is 0 Å². The van der Waals surface area contributed by atoms with Crippen LogP contribution in [0.1, 0.15) is 17.7 Å². The van der Waals surface area contributed by atoms with Crippen molar-refractivity contribution in [2.45, 2.75) is 17.4 Å². The Morgan fingerprint density at radius 3 is 2.08 bits per heavy atom. The summed E-state index contributed by atoms with van der Waals surface area (Å²) in [5, 5.41) is 0.899. The molecule has 0 bridgehead atoms. The number of hydrogen-bond donors (Lipinski definition) is 0. The molecule has 26 heavy (non-hydrogen) atoms. The summed E-state index contributed by atoms with van der Waals surface area (Å²) in [6.07, 6.45) is 3.62. The smallest absolute Gasteiger partial charge is 0.257 e. The van der Waals surface area contributed by atoms with Crippen LogP contribution in [0.4, 0.5) is 0 Å². The second-order valence-electron chi connectivity index (χ2n) is 5.93. The standard InChI is InChI=1S/C22H18N2OS/c1-16(17-12-14-23-15-13-17)26-22-24-20(18-8-4-2-5-9-18)21(25-22)19-10-6-3-7-11-19/h2-16H,1H3. The molecule has 2 heterocycles. The van der Waals surface area contributed by atoms with Crippen LogP contribution < -0.4 is 0 Å². The average molecular weight is 358 g/mol. The van der Waals surface area contributed by atoms with E-state index in [1.165, 1.54) is 5.56 Å². The normalized spacial score (nSPS) is 12.0. The maximum atomic E-state index is 6.18. The molecule has 0 fully saturated rings. The van der Waals surface area contributed by atoms with Gasteiger partial charge in [-0.25, -0.2) is 4.98 Å². The number of nitrogens with zero attached hydrogens (tertiary/aromatic N) is 2. The van der Waals surface area contributed by atoms with E-state index in [9.17, 15) is 0 Å². The van der Waals surface area contributed by atoms with Gasteiger partial charge in [0.15, 0.2) is 5.76 Å². The number of oxazole rings is 1. The third-order valence-electron chi connectivity index (χ3n) is 4.14. The molecule has 0 spiro atoms. The lowest BCUT2D eigenvalue weighted by molar-refractivity contribution is 0.465. The van der Waals surface area contributed by atoms with E-state index in [0.717, 1.165) is 22.6 Å². The number of thioether (sulfide) groups is 1. The lowest BCUT2D eigenvalue weighted by Gasteiger charge is -2.07. The lowest BCUT2D eigenvalue weighted by atomic mass is 10.1. The number of aromatic nitrogens is 2. The molecular formula is C22H18N2OS. The van der Waals surface area contributed by atoms with Crippen molar-refractivity contribution in [2.24, 2.45) is 0 Å². The first kappa shape index (κ1) is 16.6. The van der Waals surface area contributed by atoms with E-state index in [1.54, 1.807) is 11.8 Å². The van der Waals surface area contributed by atoms with Crippen molar-refractivity contribution in [2.75, 3.05) is 0 Å². The van der Waals surface area contributed by atoms with Gasteiger partial charge >= 0.3 is 0 Å². The number of pyridine rings is 1. The van der Waals surface area contributed by atoms with Crippen molar-refractivity contribution in [3.8, 4) is 22.6 Å². The maximum Gasteiger partial charge on any atom is 0.257 e. The lowest BCUT2D eigenvalue weighted by Crippen LogP contribution is -1.88. The van der Waals surface area contributed by atoms with Crippen LogP contribution in [0.2, 0.25) is 0 Å². The van der Waals surface area contributed by atoms with Crippen molar-refractivity contribution >= 4 is 11.8 Å². The minimum atomic E-state index is 0.226. The van der Waals surface area contributed by atoms with Gasteiger partial charge in [-0.1, -0.05) is 72.4 Å². The van der Waals surface area contributed by atoms with Gasteiger partial charge in [-0.05, 0) is 24.6 Å². The summed E-state index contributed by atoms with van der Waals surface area (Å²) in [5.41, 5.74) is 4.16. The zero-order valence-corrected chi connectivity index (χ0v) is 15.2. The van der Waals surface area contributed by atoms with Crippen molar-refractivity contribution < 1.29 is 4.42 Å². The minimum absolute atomic E-state index is 0.226. The van der Waals surface area contributed by atoms with E-state index in [-0.39, 0.29) is 5.25 Å². The quantitative estimate of drug-likeness (QED) is 0.395. The van der Waals surface area contributed by atoms with Gasteiger partial charge in [-0.2, -0.15) is 0 Å². The highest BCUT2D eigenvalue weighted by atomic mass is 32.2. The fraction of sp³-hybridized carbons (Fsp3) is 0.0909. The van der Waals surface area contributed by atoms with Crippen molar-refractivity contribution in [1.82, 2.24) is 9.97 Å². The molecule has 0 aliphatic heterocycles. The molecule has 0 amide bonds. The number of rotatable bonds is 5. The third kappa shape index (κ3) is 3.55. The monoisotopic (exact) mass is 358 g/mol. The van der Waals surface area contributed by atoms with E-state index in [2.05, 4.69) is 24.0 Å². The highest BCUT2D eigenvalue weighted by Crippen LogP contribution is 2.40. The molecule has 2 aromatic carbocycles. The topological polar surface area (TPSA) is 38.9 Å². The molecular weight excluding hydrogens is 340 g/mol. The zero-order valence-electron chi connectivity index (χ0n) is 14.4. The predicted octanol–water partition coefficient (Wildman–Crippen LogP) is 6.26. The summed E-state index contributed by atoms with van der Waals surface area (Å²) in [4.78, 5) is 8.89. The molecule has 2 aromatic heterocycles. The number of hydrogen-bond acceptors (Lipinski definition) is 4. The van der Waals surface area contributed by atoms with Crippen LogP contribution in [0, 0.1) is 0 Å². The van der Waals surface area contributed by atoms with E-state index < -0.39 is 0 Å². The fourth-order valence-corrected chi connectivity index (χ4v) is 3.65. The molecule has 0 saturated carbocycles. The molecule has 4 aromatic rings. The number of benzene rings is 2. The summed E-state index contributed by atoms with van der Waals surface area (Å²) >= 11 is 1.62. The average Bonchev–Trinajstić information content (AvgIpc) is 3.14. The molecule has 0 N–H and O–H groups in total. The summed E-state index contributed by atoms with van der Waals surface area (Å²) < 4.78 is 6.18. The van der Waals surface area contributed by atoms with Crippen molar-refractivity contribution in [1.29, 1.82) is 0 Å². The summed E-state index contributed by atoms with van der Waals surface area (Å²) in [6, 6.07) is 24.3. The van der Waals surface area contributed by atoms with Gasteiger partial charge in [0.2, 0.25) is 0 Å². The van der Waals surface area contributed by atoms with E-state index in [4.69, 9.17) is 9.40 Å². The summed E-state index contributed by atoms with van der Waals surface area (Å²) in [5.74, 6) is 0.807. The largest absolute Gasteiger partial charge is 0.431 e. The molecule has 0 aliphatic rings. The Labute approximate surface area is 157 Å². The Morgan fingerprint density at radius 1 is 0.808 bits per heavy atom. The van der Waals surface area contributed by atoms with Gasteiger partial charge in [-0.3, -0.25) is 4.98 Å². The first-order chi connectivity index (χ1) is 12.8. The molecule has 1 unspecified atom stereocenters. The van der Waals surface area contributed by atoms with Crippen LogP contribution in [0.25, 0.3) is 22.6 Å². The molecule has 0 radical (unpaired) electrons. The first-order valence-electron chi connectivity index (χ1n) is 8.49. The Hall–Kier alpha value is -2.85. The second kappa shape index (κ2) is 7.58. The SMILES string of the molecule is CC(Sc1nc(-c2ccccc2)c(-c2ccccc2)o1)c1ccncc1. The first-order valence-corrected chi connectivity index (χ1v) is 9.37. The Balaban J connectivity index is 1.72. The second-order valence-corrected chi connectivity index (χ2v) is 7.22. The molecule has 0 aliphatic carbocycles. The van der Waals surface area contributed by atoms with E-state index in [0.29, 0.717) is 5.22 Å². The van der Waals surface area contributed by atoms with Crippen molar-refractivity contribution in [3.63, 3.8) is 0 Å². The van der Waals surface area contributed by atoms with Crippen molar-refractivity contribution in [3.05, 3.63) is 90.8 Å². The molecule has 4 rings (SSSR count). The molecule has 4 heteroatoms.